The first kappa shape index (κ1) is 13.7. The van der Waals surface area contributed by atoms with E-state index in [-0.39, 0.29) is 5.91 Å². The smallest absolute Gasteiger partial charge is 0.289 e. The molecule has 0 bridgehead atoms. The maximum Gasteiger partial charge on any atom is 0.289 e. The van der Waals surface area contributed by atoms with Crippen molar-refractivity contribution in [1.82, 2.24) is 9.80 Å². The summed E-state index contributed by atoms with van der Waals surface area (Å²) in [5.41, 5.74) is 0. The molecule has 4 nitrogen and oxygen atoms in total. The van der Waals surface area contributed by atoms with Crippen LogP contribution in [0.2, 0.25) is 0 Å². The van der Waals surface area contributed by atoms with Crippen LogP contribution in [0.5, 0.6) is 0 Å². The molecule has 3 rings (SSSR count). The number of carbonyl (C=O) groups excluding carboxylic acids is 1. The molecule has 2 atom stereocenters. The molecule has 3 heterocycles. The number of aryl methyl sites for hydroxylation is 1. The van der Waals surface area contributed by atoms with Gasteiger partial charge < -0.3 is 9.32 Å². The predicted octanol–water partition coefficient (Wildman–Crippen LogP) is 2.53. The standard InChI is InChI=1S/C16H24N2O2/c1-11(2)10-17-8-6-14-13(17)7-9-18(14)16(19)15-5-4-12(3)20-15/h4-5,11,13-14H,6-10H2,1-3H3/t13-,14+/m1/s1. The molecular formula is C16H24N2O2. The van der Waals surface area contributed by atoms with Crippen molar-refractivity contribution in [3.63, 3.8) is 0 Å². The van der Waals surface area contributed by atoms with Crippen molar-refractivity contribution in [3.05, 3.63) is 23.7 Å². The van der Waals surface area contributed by atoms with Crippen molar-refractivity contribution in [2.45, 2.75) is 45.7 Å². The van der Waals surface area contributed by atoms with E-state index in [0.717, 1.165) is 38.2 Å². The van der Waals surface area contributed by atoms with E-state index in [1.807, 2.05) is 17.9 Å². The number of fused-ring (bicyclic) bond motifs is 1. The lowest BCUT2D eigenvalue weighted by molar-refractivity contribution is 0.0698. The van der Waals surface area contributed by atoms with Crippen LogP contribution in [-0.2, 0) is 0 Å². The zero-order valence-corrected chi connectivity index (χ0v) is 12.6. The van der Waals surface area contributed by atoms with Crippen LogP contribution in [0.4, 0.5) is 0 Å². The number of rotatable bonds is 3. The minimum absolute atomic E-state index is 0.0667. The fourth-order valence-corrected chi connectivity index (χ4v) is 3.71. The molecule has 1 aromatic heterocycles. The average molecular weight is 276 g/mol. The van der Waals surface area contributed by atoms with Crippen molar-refractivity contribution in [2.75, 3.05) is 19.6 Å². The van der Waals surface area contributed by atoms with Gasteiger partial charge in [0.05, 0.1) is 0 Å². The highest BCUT2D eigenvalue weighted by Gasteiger charge is 2.44. The van der Waals surface area contributed by atoms with E-state index >= 15 is 0 Å². The number of nitrogens with zero attached hydrogens (tertiary/aromatic N) is 2. The Balaban J connectivity index is 1.70. The molecule has 0 saturated carbocycles. The lowest BCUT2D eigenvalue weighted by Crippen LogP contribution is -2.40. The summed E-state index contributed by atoms with van der Waals surface area (Å²) >= 11 is 0. The van der Waals surface area contributed by atoms with Gasteiger partial charge in [-0.25, -0.2) is 0 Å². The van der Waals surface area contributed by atoms with Gasteiger partial charge in [0.2, 0.25) is 0 Å². The molecule has 110 valence electrons. The van der Waals surface area contributed by atoms with Crippen molar-refractivity contribution in [3.8, 4) is 0 Å². The molecule has 0 aromatic carbocycles. The minimum Gasteiger partial charge on any atom is -0.456 e. The molecule has 20 heavy (non-hydrogen) atoms. The number of furan rings is 1. The van der Waals surface area contributed by atoms with Gasteiger partial charge in [0.25, 0.3) is 5.91 Å². The van der Waals surface area contributed by atoms with Crippen LogP contribution in [0.3, 0.4) is 0 Å². The second kappa shape index (κ2) is 5.24. The Kier molecular flexibility index (Phi) is 3.59. The van der Waals surface area contributed by atoms with Crippen LogP contribution in [0.15, 0.2) is 16.5 Å². The third-order valence-electron chi connectivity index (χ3n) is 4.50. The Labute approximate surface area is 120 Å². The highest BCUT2D eigenvalue weighted by molar-refractivity contribution is 5.92. The minimum atomic E-state index is 0.0667. The molecule has 2 fully saturated rings. The van der Waals surface area contributed by atoms with E-state index in [1.165, 1.54) is 0 Å². The summed E-state index contributed by atoms with van der Waals surface area (Å²) in [5, 5.41) is 0. The van der Waals surface area contributed by atoms with E-state index in [1.54, 1.807) is 6.07 Å². The van der Waals surface area contributed by atoms with Gasteiger partial charge >= 0.3 is 0 Å². The molecule has 2 aliphatic heterocycles. The Morgan fingerprint density at radius 1 is 1.30 bits per heavy atom. The van der Waals surface area contributed by atoms with Crippen LogP contribution >= 0.6 is 0 Å². The molecule has 0 aliphatic carbocycles. The molecule has 1 amide bonds. The van der Waals surface area contributed by atoms with E-state index in [0.29, 0.717) is 23.8 Å². The number of amides is 1. The van der Waals surface area contributed by atoms with Gasteiger partial charge in [-0.05, 0) is 37.8 Å². The SMILES string of the molecule is Cc1ccc(C(=O)N2CC[C@@H]3[C@@H]2CCN3CC(C)C)o1. The summed E-state index contributed by atoms with van der Waals surface area (Å²) in [4.78, 5) is 17.1. The molecule has 2 aliphatic rings. The molecule has 1 aromatic rings. The van der Waals surface area contributed by atoms with Crippen LogP contribution in [0.25, 0.3) is 0 Å². The fraction of sp³-hybridized carbons (Fsp3) is 0.688. The highest BCUT2D eigenvalue weighted by atomic mass is 16.3. The summed E-state index contributed by atoms with van der Waals surface area (Å²) in [7, 11) is 0. The van der Waals surface area contributed by atoms with Gasteiger partial charge in [-0.15, -0.1) is 0 Å². The summed E-state index contributed by atoms with van der Waals surface area (Å²) in [6.45, 7) is 9.52. The molecule has 0 N–H and O–H groups in total. The molecule has 0 radical (unpaired) electrons. The number of hydrogen-bond acceptors (Lipinski definition) is 3. The Bertz CT molecular complexity index is 494. The van der Waals surface area contributed by atoms with Crippen molar-refractivity contribution in [2.24, 2.45) is 5.92 Å². The van der Waals surface area contributed by atoms with E-state index < -0.39 is 0 Å². The second-order valence-corrected chi connectivity index (χ2v) is 6.51. The van der Waals surface area contributed by atoms with Crippen molar-refractivity contribution >= 4 is 5.91 Å². The molecule has 0 spiro atoms. The maximum atomic E-state index is 12.5. The molecular weight excluding hydrogens is 252 g/mol. The van der Waals surface area contributed by atoms with Gasteiger partial charge in [0, 0.05) is 31.7 Å². The quantitative estimate of drug-likeness (QED) is 0.851. The third-order valence-corrected chi connectivity index (χ3v) is 4.50. The lowest BCUT2D eigenvalue weighted by Gasteiger charge is -2.26. The summed E-state index contributed by atoms with van der Waals surface area (Å²) < 4.78 is 5.49. The summed E-state index contributed by atoms with van der Waals surface area (Å²) in [6.07, 6.45) is 2.20. The van der Waals surface area contributed by atoms with E-state index in [9.17, 15) is 4.79 Å². The second-order valence-electron chi connectivity index (χ2n) is 6.51. The van der Waals surface area contributed by atoms with Crippen LogP contribution < -0.4 is 0 Å². The van der Waals surface area contributed by atoms with Crippen LogP contribution in [0.1, 0.15) is 43.0 Å². The summed E-state index contributed by atoms with van der Waals surface area (Å²) in [5.74, 6) is 2.05. The predicted molar refractivity (Wildman–Crippen MR) is 77.7 cm³/mol. The Morgan fingerprint density at radius 2 is 2.05 bits per heavy atom. The van der Waals surface area contributed by atoms with Gasteiger partial charge in [-0.1, -0.05) is 13.8 Å². The third kappa shape index (κ3) is 2.37. The Morgan fingerprint density at radius 3 is 2.70 bits per heavy atom. The van der Waals surface area contributed by atoms with Crippen molar-refractivity contribution < 1.29 is 9.21 Å². The normalized spacial score (nSPS) is 26.5. The fourth-order valence-electron chi connectivity index (χ4n) is 3.71. The average Bonchev–Trinajstić information content (AvgIpc) is 3.05. The first-order chi connectivity index (χ1) is 9.56. The zero-order chi connectivity index (χ0) is 14.3. The first-order valence-corrected chi connectivity index (χ1v) is 7.67. The molecule has 4 heteroatoms. The van der Waals surface area contributed by atoms with Gasteiger partial charge in [0.1, 0.15) is 5.76 Å². The lowest BCUT2D eigenvalue weighted by atomic mass is 10.1. The molecule has 2 saturated heterocycles. The largest absolute Gasteiger partial charge is 0.456 e. The number of hydrogen-bond donors (Lipinski definition) is 0. The monoisotopic (exact) mass is 276 g/mol. The van der Waals surface area contributed by atoms with Crippen molar-refractivity contribution in [1.29, 1.82) is 0 Å². The molecule has 0 unspecified atom stereocenters. The van der Waals surface area contributed by atoms with E-state index in [2.05, 4.69) is 18.7 Å². The van der Waals surface area contributed by atoms with Crippen LogP contribution in [0, 0.1) is 12.8 Å². The van der Waals surface area contributed by atoms with Gasteiger partial charge in [-0.2, -0.15) is 0 Å². The summed E-state index contributed by atoms with van der Waals surface area (Å²) in [6, 6.07) is 4.59. The Hall–Kier alpha value is -1.29. The topological polar surface area (TPSA) is 36.7 Å². The van der Waals surface area contributed by atoms with Gasteiger partial charge in [-0.3, -0.25) is 9.69 Å². The van der Waals surface area contributed by atoms with E-state index in [4.69, 9.17) is 4.42 Å². The number of carbonyl (C=O) groups is 1. The zero-order valence-electron chi connectivity index (χ0n) is 12.6. The maximum absolute atomic E-state index is 12.5. The highest BCUT2D eigenvalue weighted by Crippen LogP contribution is 2.33. The van der Waals surface area contributed by atoms with Crippen LogP contribution in [-0.4, -0.2) is 47.4 Å². The van der Waals surface area contributed by atoms with Gasteiger partial charge in [0.15, 0.2) is 5.76 Å². The number of likely N-dealkylation sites (tertiary alicyclic amines) is 2. The first-order valence-electron chi connectivity index (χ1n) is 7.67.